The molecular formula is C15H21N3O2. The van der Waals surface area contributed by atoms with E-state index in [0.29, 0.717) is 18.8 Å². The zero-order chi connectivity index (χ0) is 14.8. The molecule has 0 saturated heterocycles. The molecule has 1 N–H and O–H groups in total. The van der Waals surface area contributed by atoms with Gasteiger partial charge in [0.15, 0.2) is 0 Å². The van der Waals surface area contributed by atoms with Gasteiger partial charge in [0, 0.05) is 0 Å². The lowest BCUT2D eigenvalue weighted by molar-refractivity contribution is 0.0737. The predicted molar refractivity (Wildman–Crippen MR) is 76.7 cm³/mol. The molecule has 0 aliphatic heterocycles. The molecule has 1 aromatic carbocycles. The van der Waals surface area contributed by atoms with Crippen LogP contribution in [-0.2, 0) is 12.1 Å². The van der Waals surface area contributed by atoms with E-state index in [1.54, 1.807) is 24.7 Å². The van der Waals surface area contributed by atoms with Crippen LogP contribution in [0, 0.1) is 13.8 Å². The first kappa shape index (κ1) is 14.5. The highest BCUT2D eigenvalue weighted by Gasteiger charge is 2.19. The number of benzene rings is 1. The molecule has 0 spiro atoms. The monoisotopic (exact) mass is 275 g/mol. The Kier molecular flexibility index (Phi) is 4.09. The molecule has 0 saturated carbocycles. The van der Waals surface area contributed by atoms with E-state index in [2.05, 4.69) is 16.4 Å². The quantitative estimate of drug-likeness (QED) is 0.908. The lowest BCUT2D eigenvalue weighted by Crippen LogP contribution is -2.16. The average molecular weight is 275 g/mol. The Morgan fingerprint density at radius 1 is 1.30 bits per heavy atom. The number of hydrogen-bond donors (Lipinski definition) is 1. The molecule has 0 atom stereocenters. The van der Waals surface area contributed by atoms with Crippen molar-refractivity contribution in [1.29, 1.82) is 0 Å². The van der Waals surface area contributed by atoms with Gasteiger partial charge >= 0.3 is 0 Å². The molecular weight excluding hydrogens is 254 g/mol. The third kappa shape index (κ3) is 3.57. The molecule has 0 aliphatic rings. The van der Waals surface area contributed by atoms with Gasteiger partial charge in [-0.05, 0) is 44.9 Å². The minimum Gasteiger partial charge on any atom is -0.491 e. The third-order valence-corrected chi connectivity index (χ3v) is 3.09. The topological polar surface area (TPSA) is 60.2 Å². The fraction of sp³-hybridized carbons (Fsp3) is 0.467. The first-order valence-electron chi connectivity index (χ1n) is 6.69. The maximum atomic E-state index is 9.83. The van der Waals surface area contributed by atoms with E-state index in [4.69, 9.17) is 4.74 Å². The molecule has 0 bridgehead atoms. The predicted octanol–water partition coefficient (Wildman–Crippen LogP) is 2.20. The van der Waals surface area contributed by atoms with Gasteiger partial charge in [-0.25, -0.2) is 4.68 Å². The molecule has 20 heavy (non-hydrogen) atoms. The normalized spacial score (nSPS) is 11.7. The van der Waals surface area contributed by atoms with Gasteiger partial charge in [-0.15, -0.1) is 5.10 Å². The van der Waals surface area contributed by atoms with Crippen molar-refractivity contribution >= 4 is 0 Å². The van der Waals surface area contributed by atoms with Crippen molar-refractivity contribution in [2.75, 3.05) is 6.61 Å². The highest BCUT2D eigenvalue weighted by atomic mass is 16.5. The molecule has 0 fully saturated rings. The number of ether oxygens (including phenoxy) is 1. The Hall–Kier alpha value is -1.88. The number of rotatable bonds is 5. The lowest BCUT2D eigenvalue weighted by atomic mass is 10.1. The van der Waals surface area contributed by atoms with Gasteiger partial charge in [-0.2, -0.15) is 0 Å². The Labute approximate surface area is 119 Å². The van der Waals surface area contributed by atoms with E-state index in [1.807, 2.05) is 26.0 Å². The number of nitrogens with zero attached hydrogens (tertiary/aromatic N) is 3. The van der Waals surface area contributed by atoms with Crippen LogP contribution in [0.4, 0.5) is 0 Å². The van der Waals surface area contributed by atoms with Gasteiger partial charge in [0.2, 0.25) is 0 Å². The molecule has 5 heteroatoms. The van der Waals surface area contributed by atoms with Crippen LogP contribution < -0.4 is 4.74 Å². The van der Waals surface area contributed by atoms with E-state index >= 15 is 0 Å². The van der Waals surface area contributed by atoms with Gasteiger partial charge in [0.25, 0.3) is 0 Å². The van der Waals surface area contributed by atoms with Gasteiger partial charge in [-0.1, -0.05) is 17.3 Å². The van der Waals surface area contributed by atoms with Crippen LogP contribution in [-0.4, -0.2) is 26.7 Å². The van der Waals surface area contributed by atoms with Crippen LogP contribution >= 0.6 is 0 Å². The molecule has 0 radical (unpaired) electrons. The van der Waals surface area contributed by atoms with E-state index in [-0.39, 0.29) is 0 Å². The summed E-state index contributed by atoms with van der Waals surface area (Å²) >= 11 is 0. The summed E-state index contributed by atoms with van der Waals surface area (Å²) in [4.78, 5) is 0. The summed E-state index contributed by atoms with van der Waals surface area (Å²) in [6.07, 6.45) is 1.74. The summed E-state index contributed by atoms with van der Waals surface area (Å²) in [6, 6.07) is 6.14. The standard InChI is InChI=1S/C15H21N3O2/c1-11-5-6-12(2)13(9-11)20-8-7-18-10-14(16-17-18)15(3,4)19/h5-6,9-10,19H,7-8H2,1-4H3. The number of aliphatic hydroxyl groups is 1. The Bertz CT molecular complexity index is 585. The lowest BCUT2D eigenvalue weighted by Gasteiger charge is -2.12. The molecule has 1 aromatic heterocycles. The molecule has 108 valence electrons. The van der Waals surface area contributed by atoms with Crippen molar-refractivity contribution in [2.24, 2.45) is 0 Å². The summed E-state index contributed by atoms with van der Waals surface area (Å²) in [7, 11) is 0. The molecule has 0 unspecified atom stereocenters. The highest BCUT2D eigenvalue weighted by molar-refractivity contribution is 5.35. The van der Waals surface area contributed by atoms with Crippen molar-refractivity contribution in [3.63, 3.8) is 0 Å². The van der Waals surface area contributed by atoms with Gasteiger partial charge < -0.3 is 9.84 Å². The van der Waals surface area contributed by atoms with Crippen LogP contribution in [0.15, 0.2) is 24.4 Å². The van der Waals surface area contributed by atoms with Crippen LogP contribution in [0.3, 0.4) is 0 Å². The second kappa shape index (κ2) is 5.63. The van der Waals surface area contributed by atoms with E-state index < -0.39 is 5.60 Å². The molecule has 2 rings (SSSR count). The fourth-order valence-corrected chi connectivity index (χ4v) is 1.80. The zero-order valence-corrected chi connectivity index (χ0v) is 12.4. The number of aromatic nitrogens is 3. The second-order valence-electron chi connectivity index (χ2n) is 5.54. The zero-order valence-electron chi connectivity index (χ0n) is 12.4. The fourth-order valence-electron chi connectivity index (χ4n) is 1.80. The first-order chi connectivity index (χ1) is 9.36. The summed E-state index contributed by atoms with van der Waals surface area (Å²) in [5.41, 5.74) is 1.89. The maximum absolute atomic E-state index is 9.83. The molecule has 0 amide bonds. The van der Waals surface area contributed by atoms with Crippen molar-refractivity contribution in [3.8, 4) is 5.75 Å². The maximum Gasteiger partial charge on any atom is 0.122 e. The summed E-state index contributed by atoms with van der Waals surface area (Å²) in [5, 5.41) is 17.8. The Morgan fingerprint density at radius 2 is 2.05 bits per heavy atom. The van der Waals surface area contributed by atoms with E-state index in [9.17, 15) is 5.11 Å². The third-order valence-electron chi connectivity index (χ3n) is 3.09. The van der Waals surface area contributed by atoms with Gasteiger partial charge in [0.05, 0.1) is 12.7 Å². The molecule has 5 nitrogen and oxygen atoms in total. The Balaban J connectivity index is 1.93. The van der Waals surface area contributed by atoms with Crippen molar-refractivity contribution in [2.45, 2.75) is 39.8 Å². The molecule has 2 aromatic rings. The van der Waals surface area contributed by atoms with E-state index in [1.165, 1.54) is 5.56 Å². The SMILES string of the molecule is Cc1ccc(C)c(OCCn2cc(C(C)(C)O)nn2)c1. The summed E-state index contributed by atoms with van der Waals surface area (Å²) in [5.74, 6) is 0.896. The van der Waals surface area contributed by atoms with Crippen LogP contribution in [0.5, 0.6) is 5.75 Å². The molecule has 0 aliphatic carbocycles. The van der Waals surface area contributed by atoms with Crippen LogP contribution in [0.1, 0.15) is 30.7 Å². The first-order valence-corrected chi connectivity index (χ1v) is 6.69. The average Bonchev–Trinajstić information content (AvgIpc) is 2.82. The van der Waals surface area contributed by atoms with E-state index in [0.717, 1.165) is 11.3 Å². The number of hydrogen-bond acceptors (Lipinski definition) is 4. The van der Waals surface area contributed by atoms with Crippen LogP contribution in [0.2, 0.25) is 0 Å². The number of aryl methyl sites for hydroxylation is 2. The summed E-state index contributed by atoms with van der Waals surface area (Å²) < 4.78 is 7.44. The van der Waals surface area contributed by atoms with Gasteiger partial charge in [-0.3, -0.25) is 0 Å². The van der Waals surface area contributed by atoms with Crippen molar-refractivity contribution in [3.05, 3.63) is 41.2 Å². The minimum absolute atomic E-state index is 0.513. The summed E-state index contributed by atoms with van der Waals surface area (Å²) in [6.45, 7) is 8.55. The highest BCUT2D eigenvalue weighted by Crippen LogP contribution is 2.19. The smallest absolute Gasteiger partial charge is 0.122 e. The largest absolute Gasteiger partial charge is 0.491 e. The second-order valence-corrected chi connectivity index (χ2v) is 5.54. The Morgan fingerprint density at radius 3 is 2.70 bits per heavy atom. The van der Waals surface area contributed by atoms with Crippen LogP contribution in [0.25, 0.3) is 0 Å². The molecule has 1 heterocycles. The minimum atomic E-state index is -0.966. The van der Waals surface area contributed by atoms with Gasteiger partial charge in [0.1, 0.15) is 23.7 Å². The van der Waals surface area contributed by atoms with Crippen molar-refractivity contribution < 1.29 is 9.84 Å². The van der Waals surface area contributed by atoms with Crippen molar-refractivity contribution in [1.82, 2.24) is 15.0 Å².